The van der Waals surface area contributed by atoms with E-state index in [0.717, 1.165) is 5.56 Å². The van der Waals surface area contributed by atoms with Gasteiger partial charge in [-0.15, -0.1) is 0 Å². The Kier molecular flexibility index (Phi) is 8.00. The lowest BCUT2D eigenvalue weighted by Gasteiger charge is -2.19. The Morgan fingerprint density at radius 2 is 1.77 bits per heavy atom. The van der Waals surface area contributed by atoms with Gasteiger partial charge in [0.15, 0.2) is 6.61 Å². The quantitative estimate of drug-likeness (QED) is 0.632. The molecule has 0 saturated carbocycles. The summed E-state index contributed by atoms with van der Waals surface area (Å²) in [6.07, 6.45) is 0. The first kappa shape index (κ1) is 23.9. The van der Waals surface area contributed by atoms with Crippen LogP contribution < -0.4 is 14.8 Å². The molecule has 2 aromatic carbocycles. The fourth-order valence-corrected chi connectivity index (χ4v) is 3.96. The van der Waals surface area contributed by atoms with Crippen LogP contribution in [0, 0.1) is 0 Å². The summed E-state index contributed by atoms with van der Waals surface area (Å²) in [5.74, 6) is 0.286. The Balaban J connectivity index is 1.93. The molecule has 2 aromatic rings. The van der Waals surface area contributed by atoms with Crippen LogP contribution in [0.5, 0.6) is 5.75 Å². The first-order valence-electron chi connectivity index (χ1n) is 9.66. The number of hydrogen-bond acceptors (Lipinski definition) is 5. The standard InChI is InChI=1S/C22H30N2O5S/c1-16(14-28-5)24-30(26,27)20-11-9-18(10-12-20)23-21(25)15-29-19-8-6-7-17(13-19)22(2,3)4/h6-13,16,24H,14-15H2,1-5H3,(H,23,25)/t16-/m1/s1. The van der Waals surface area contributed by atoms with Crippen molar-refractivity contribution in [3.63, 3.8) is 0 Å². The van der Waals surface area contributed by atoms with Crippen molar-refractivity contribution in [1.82, 2.24) is 4.72 Å². The largest absolute Gasteiger partial charge is 0.484 e. The van der Waals surface area contributed by atoms with Gasteiger partial charge in [-0.1, -0.05) is 32.9 Å². The molecule has 2 N–H and O–H groups in total. The number of benzene rings is 2. The third kappa shape index (κ3) is 7.12. The third-order valence-electron chi connectivity index (χ3n) is 4.29. The van der Waals surface area contributed by atoms with Gasteiger partial charge >= 0.3 is 0 Å². The number of sulfonamides is 1. The molecule has 30 heavy (non-hydrogen) atoms. The van der Waals surface area contributed by atoms with E-state index in [4.69, 9.17) is 9.47 Å². The van der Waals surface area contributed by atoms with Crippen molar-refractivity contribution in [2.24, 2.45) is 0 Å². The summed E-state index contributed by atoms with van der Waals surface area (Å²) in [6, 6.07) is 13.2. The number of methoxy groups -OCH3 is 1. The first-order valence-corrected chi connectivity index (χ1v) is 11.1. The Bertz CT molecular complexity index is 950. The third-order valence-corrected chi connectivity index (χ3v) is 5.90. The van der Waals surface area contributed by atoms with Crippen molar-refractivity contribution < 1.29 is 22.7 Å². The van der Waals surface area contributed by atoms with Crippen molar-refractivity contribution in [2.75, 3.05) is 25.6 Å². The maximum absolute atomic E-state index is 12.3. The van der Waals surface area contributed by atoms with Crippen LogP contribution in [0.15, 0.2) is 53.4 Å². The number of carbonyl (C=O) groups excluding carboxylic acids is 1. The van der Waals surface area contributed by atoms with E-state index < -0.39 is 10.0 Å². The summed E-state index contributed by atoms with van der Waals surface area (Å²) in [5.41, 5.74) is 1.58. The molecule has 8 heteroatoms. The molecule has 1 atom stereocenters. The molecule has 0 spiro atoms. The van der Waals surface area contributed by atoms with Gasteiger partial charge in [-0.2, -0.15) is 0 Å². The summed E-state index contributed by atoms with van der Waals surface area (Å²) in [7, 11) is -2.15. The molecular formula is C22H30N2O5S. The number of nitrogens with one attached hydrogen (secondary N) is 2. The van der Waals surface area contributed by atoms with Gasteiger partial charge < -0.3 is 14.8 Å². The van der Waals surface area contributed by atoms with Crippen LogP contribution >= 0.6 is 0 Å². The highest BCUT2D eigenvalue weighted by Crippen LogP contribution is 2.25. The predicted molar refractivity (Wildman–Crippen MR) is 117 cm³/mol. The van der Waals surface area contributed by atoms with E-state index in [0.29, 0.717) is 11.4 Å². The summed E-state index contributed by atoms with van der Waals surface area (Å²) in [4.78, 5) is 12.3. The van der Waals surface area contributed by atoms with E-state index in [1.165, 1.54) is 31.4 Å². The van der Waals surface area contributed by atoms with E-state index in [1.807, 2.05) is 18.2 Å². The zero-order chi connectivity index (χ0) is 22.4. The number of ether oxygens (including phenoxy) is 2. The maximum Gasteiger partial charge on any atom is 0.262 e. The average Bonchev–Trinajstić information content (AvgIpc) is 2.66. The Morgan fingerprint density at radius 3 is 2.37 bits per heavy atom. The number of rotatable bonds is 9. The zero-order valence-corrected chi connectivity index (χ0v) is 18.9. The summed E-state index contributed by atoms with van der Waals surface area (Å²) in [5, 5.41) is 2.70. The Hall–Kier alpha value is -2.42. The molecule has 0 saturated heterocycles. The van der Waals surface area contributed by atoms with Gasteiger partial charge in [0.05, 0.1) is 11.5 Å². The average molecular weight is 435 g/mol. The SMILES string of the molecule is COC[C@@H](C)NS(=O)(=O)c1ccc(NC(=O)COc2cccc(C(C)(C)C)c2)cc1. The lowest BCUT2D eigenvalue weighted by Crippen LogP contribution is -2.35. The molecule has 0 unspecified atom stereocenters. The molecule has 2 rings (SSSR count). The predicted octanol–water partition coefficient (Wildman–Crippen LogP) is 3.31. The molecule has 0 aromatic heterocycles. The molecule has 164 valence electrons. The molecule has 0 aliphatic heterocycles. The van der Waals surface area contributed by atoms with Gasteiger partial charge in [-0.25, -0.2) is 13.1 Å². The molecule has 7 nitrogen and oxygen atoms in total. The fourth-order valence-electron chi connectivity index (χ4n) is 2.73. The smallest absolute Gasteiger partial charge is 0.262 e. The van der Waals surface area contributed by atoms with Crippen molar-refractivity contribution >= 4 is 21.6 Å². The molecular weight excluding hydrogens is 404 g/mol. The van der Waals surface area contributed by atoms with Crippen LogP contribution in [-0.4, -0.2) is 40.7 Å². The van der Waals surface area contributed by atoms with Gasteiger partial charge in [-0.05, 0) is 54.3 Å². The van der Waals surface area contributed by atoms with Crippen molar-refractivity contribution in [3.8, 4) is 5.75 Å². The first-order chi connectivity index (χ1) is 14.0. The molecule has 0 aliphatic carbocycles. The molecule has 0 radical (unpaired) electrons. The topological polar surface area (TPSA) is 93.7 Å². The van der Waals surface area contributed by atoms with Crippen molar-refractivity contribution in [2.45, 2.75) is 44.0 Å². The van der Waals surface area contributed by atoms with Gasteiger partial charge in [0.1, 0.15) is 5.75 Å². The van der Waals surface area contributed by atoms with E-state index in [9.17, 15) is 13.2 Å². The van der Waals surface area contributed by atoms with Gasteiger partial charge in [0, 0.05) is 18.8 Å². The second-order valence-electron chi connectivity index (χ2n) is 8.12. The van der Waals surface area contributed by atoms with Gasteiger partial charge in [-0.3, -0.25) is 4.79 Å². The summed E-state index contributed by atoms with van der Waals surface area (Å²) in [6.45, 7) is 8.16. The lowest BCUT2D eigenvalue weighted by molar-refractivity contribution is -0.118. The molecule has 1 amide bonds. The minimum Gasteiger partial charge on any atom is -0.484 e. The van der Waals surface area contributed by atoms with Crippen LogP contribution in [0.2, 0.25) is 0 Å². The lowest BCUT2D eigenvalue weighted by atomic mass is 9.87. The van der Waals surface area contributed by atoms with E-state index in [-0.39, 0.29) is 35.5 Å². The second-order valence-corrected chi connectivity index (χ2v) is 9.83. The summed E-state index contributed by atoms with van der Waals surface area (Å²) >= 11 is 0. The van der Waals surface area contributed by atoms with Crippen LogP contribution in [-0.2, 0) is 25.0 Å². The number of carbonyl (C=O) groups is 1. The number of amides is 1. The fraction of sp³-hybridized carbons (Fsp3) is 0.409. The highest BCUT2D eigenvalue weighted by Gasteiger charge is 2.17. The Morgan fingerprint density at radius 1 is 1.10 bits per heavy atom. The van der Waals surface area contributed by atoms with Crippen molar-refractivity contribution in [3.05, 3.63) is 54.1 Å². The Labute approximate surface area is 178 Å². The van der Waals surface area contributed by atoms with Crippen LogP contribution in [0.25, 0.3) is 0 Å². The summed E-state index contributed by atoms with van der Waals surface area (Å²) < 4.78 is 37.7. The number of hydrogen-bond donors (Lipinski definition) is 2. The minimum absolute atomic E-state index is 0.0140. The minimum atomic E-state index is -3.66. The van der Waals surface area contributed by atoms with Crippen molar-refractivity contribution in [1.29, 1.82) is 0 Å². The monoisotopic (exact) mass is 434 g/mol. The van der Waals surface area contributed by atoms with E-state index >= 15 is 0 Å². The van der Waals surface area contributed by atoms with Crippen LogP contribution in [0.3, 0.4) is 0 Å². The van der Waals surface area contributed by atoms with Gasteiger partial charge in [0.25, 0.3) is 5.91 Å². The highest BCUT2D eigenvalue weighted by atomic mass is 32.2. The molecule has 0 heterocycles. The number of anilines is 1. The molecule has 0 aliphatic rings. The zero-order valence-electron chi connectivity index (χ0n) is 18.1. The van der Waals surface area contributed by atoms with E-state index in [2.05, 4.69) is 30.8 Å². The van der Waals surface area contributed by atoms with Crippen LogP contribution in [0.4, 0.5) is 5.69 Å². The van der Waals surface area contributed by atoms with Crippen LogP contribution in [0.1, 0.15) is 33.3 Å². The van der Waals surface area contributed by atoms with E-state index in [1.54, 1.807) is 13.0 Å². The van der Waals surface area contributed by atoms with Gasteiger partial charge in [0.2, 0.25) is 10.0 Å². The highest BCUT2D eigenvalue weighted by molar-refractivity contribution is 7.89. The maximum atomic E-state index is 12.3. The molecule has 0 bridgehead atoms. The second kappa shape index (κ2) is 10.1. The molecule has 0 fully saturated rings. The normalized spacial score (nSPS) is 13.0.